The van der Waals surface area contributed by atoms with E-state index in [4.69, 9.17) is 4.89 Å². The molecular weight excluding hydrogens is 129 g/mol. The molecule has 1 unspecified atom stereocenters. The van der Waals surface area contributed by atoms with E-state index in [1.54, 1.807) is 0 Å². The molecule has 2 N–H and O–H groups in total. The lowest BCUT2D eigenvalue weighted by Crippen LogP contribution is -2.08. The molecule has 0 bridgehead atoms. The summed E-state index contributed by atoms with van der Waals surface area (Å²) in [5, 5.41) is 0. The molecule has 4 nitrogen and oxygen atoms in total. The van der Waals surface area contributed by atoms with Gasteiger partial charge in [-0.15, -0.1) is 17.0 Å². The lowest BCUT2D eigenvalue weighted by Gasteiger charge is -1.82. The van der Waals surface area contributed by atoms with E-state index in [9.17, 15) is 4.57 Å². The third-order valence-electron chi connectivity index (χ3n) is 0.370. The molecule has 0 saturated carbocycles. The molecule has 0 spiro atoms. The minimum Gasteiger partial charge on any atom is -0.145 e. The minimum atomic E-state index is -2.52. The quantitative estimate of drug-likeness (QED) is 0.253. The molecule has 0 aromatic carbocycles. The molecule has 0 aromatic heterocycles. The van der Waals surface area contributed by atoms with E-state index in [2.05, 4.69) is 16.7 Å². The van der Waals surface area contributed by atoms with E-state index < -0.39 is 8.25 Å². The van der Waals surface area contributed by atoms with Crippen LogP contribution >= 0.6 is 8.25 Å². The van der Waals surface area contributed by atoms with Crippen molar-refractivity contribution in [1.29, 1.82) is 0 Å². The third-order valence-corrected chi connectivity index (χ3v) is 0.656. The van der Waals surface area contributed by atoms with Crippen LogP contribution in [0.4, 0.5) is 0 Å². The summed E-state index contributed by atoms with van der Waals surface area (Å²) in [6, 6.07) is 0. The van der Waals surface area contributed by atoms with Gasteiger partial charge in [0.05, 0.1) is 0 Å². The Hall–Kier alpha value is -0.280. The van der Waals surface area contributed by atoms with Gasteiger partial charge in [0.2, 0.25) is 0 Å². The molecule has 0 aliphatic carbocycles. The molecule has 0 aliphatic rings. The summed E-state index contributed by atoms with van der Waals surface area (Å²) in [6.07, 6.45) is 1.51. The molecule has 0 amide bonds. The highest BCUT2D eigenvalue weighted by Gasteiger charge is 2.09. The maximum atomic E-state index is 9.70. The van der Waals surface area contributed by atoms with Crippen molar-refractivity contribution in [3.63, 3.8) is 0 Å². The van der Waals surface area contributed by atoms with E-state index in [1.165, 1.54) is 6.08 Å². The number of hydrogen-bond donors (Lipinski definition) is 2. The summed E-state index contributed by atoms with van der Waals surface area (Å²) in [5.41, 5.74) is 2.18. The van der Waals surface area contributed by atoms with Crippen LogP contribution in [-0.4, -0.2) is 11.4 Å². The van der Waals surface area contributed by atoms with Crippen LogP contribution in [0.2, 0.25) is 0 Å². The van der Waals surface area contributed by atoms with Gasteiger partial charge in [0.25, 0.3) is 0 Å². The molecule has 46 valence electrons. The van der Waals surface area contributed by atoms with Gasteiger partial charge in [0.15, 0.2) is 0 Å². The molecule has 0 fully saturated rings. The fourth-order valence-electron chi connectivity index (χ4n) is 0.151. The highest BCUT2D eigenvalue weighted by Crippen LogP contribution is 2.09. The third kappa shape index (κ3) is 5.72. The summed E-state index contributed by atoms with van der Waals surface area (Å²) < 4.78 is 13.7. The lowest BCUT2D eigenvalue weighted by molar-refractivity contribution is 0.193. The van der Waals surface area contributed by atoms with Crippen molar-refractivity contribution in [3.05, 3.63) is 12.7 Å². The SMILES string of the molecule is C=CCNO[P+](=O)O. The molecule has 0 rings (SSSR count). The van der Waals surface area contributed by atoms with E-state index in [0.29, 0.717) is 6.54 Å². The van der Waals surface area contributed by atoms with Crippen molar-refractivity contribution in [3.8, 4) is 0 Å². The summed E-state index contributed by atoms with van der Waals surface area (Å²) in [6.45, 7) is 3.70. The second kappa shape index (κ2) is 4.87. The van der Waals surface area contributed by atoms with Crippen molar-refractivity contribution in [2.75, 3.05) is 6.54 Å². The van der Waals surface area contributed by atoms with Gasteiger partial charge in [-0.3, -0.25) is 0 Å². The van der Waals surface area contributed by atoms with Crippen molar-refractivity contribution < 1.29 is 14.1 Å². The first kappa shape index (κ1) is 7.72. The predicted molar refractivity (Wildman–Crippen MR) is 29.1 cm³/mol. The topological polar surface area (TPSA) is 58.6 Å². The average molecular weight is 136 g/mol. The molecular formula is C3H7NO3P+. The van der Waals surface area contributed by atoms with Gasteiger partial charge in [0, 0.05) is 11.1 Å². The summed E-state index contributed by atoms with van der Waals surface area (Å²) in [5.74, 6) is 0. The second-order valence-corrected chi connectivity index (χ2v) is 1.62. The van der Waals surface area contributed by atoms with Crippen molar-refractivity contribution >= 4 is 8.25 Å². The van der Waals surface area contributed by atoms with Crippen LogP contribution in [0.15, 0.2) is 12.7 Å². The van der Waals surface area contributed by atoms with Gasteiger partial charge < -0.3 is 0 Å². The van der Waals surface area contributed by atoms with Gasteiger partial charge in [-0.1, -0.05) is 6.08 Å². The molecule has 0 saturated heterocycles. The fraction of sp³-hybridized carbons (Fsp3) is 0.333. The summed E-state index contributed by atoms with van der Waals surface area (Å²) in [4.78, 5) is 7.97. The number of hydrogen-bond acceptors (Lipinski definition) is 3. The van der Waals surface area contributed by atoms with E-state index in [0.717, 1.165) is 0 Å². The number of rotatable bonds is 4. The zero-order valence-electron chi connectivity index (χ0n) is 4.20. The zero-order valence-corrected chi connectivity index (χ0v) is 5.10. The maximum absolute atomic E-state index is 9.70. The van der Waals surface area contributed by atoms with Crippen molar-refractivity contribution in [2.24, 2.45) is 0 Å². The van der Waals surface area contributed by atoms with Gasteiger partial charge in [-0.2, -0.15) is 0 Å². The molecule has 8 heavy (non-hydrogen) atoms. The second-order valence-electron chi connectivity index (χ2n) is 0.966. The first-order chi connectivity index (χ1) is 3.77. The first-order valence-electron chi connectivity index (χ1n) is 1.94. The Morgan fingerprint density at radius 3 is 3.00 bits per heavy atom. The Kier molecular flexibility index (Phi) is 4.70. The highest BCUT2D eigenvalue weighted by molar-refractivity contribution is 7.32. The van der Waals surface area contributed by atoms with Crippen LogP contribution in [0.1, 0.15) is 0 Å². The normalized spacial score (nSPS) is 10.9. The number of nitrogens with one attached hydrogen (secondary N) is 1. The molecule has 0 heterocycles. The Labute approximate surface area is 48.1 Å². The monoisotopic (exact) mass is 136 g/mol. The molecule has 0 radical (unpaired) electrons. The van der Waals surface area contributed by atoms with Crippen LogP contribution in [0.25, 0.3) is 0 Å². The maximum Gasteiger partial charge on any atom is 0.713 e. The fourth-order valence-corrected chi connectivity index (χ4v) is 0.336. The predicted octanol–water partition coefficient (Wildman–Crippen LogP) is 0.343. The van der Waals surface area contributed by atoms with Gasteiger partial charge in [-0.25, -0.2) is 0 Å². The van der Waals surface area contributed by atoms with E-state index in [-0.39, 0.29) is 0 Å². The van der Waals surface area contributed by atoms with Crippen LogP contribution in [0.5, 0.6) is 0 Å². The highest BCUT2D eigenvalue weighted by atomic mass is 31.1. The summed E-state index contributed by atoms with van der Waals surface area (Å²) >= 11 is 0. The largest absolute Gasteiger partial charge is 0.713 e. The van der Waals surface area contributed by atoms with Gasteiger partial charge in [-0.05, 0) is 4.62 Å². The van der Waals surface area contributed by atoms with E-state index in [1.807, 2.05) is 0 Å². The average Bonchev–Trinajstić information content (AvgIpc) is 1.66. The minimum absolute atomic E-state index is 0.363. The smallest absolute Gasteiger partial charge is 0.145 e. The standard InChI is InChI=1S/C3H6NO3P/c1-2-3-4-7-8(5)6/h2,4H,1,3H2/p+1. The summed E-state index contributed by atoms with van der Waals surface area (Å²) in [7, 11) is -2.52. The molecule has 0 aromatic rings. The zero-order chi connectivity index (χ0) is 6.41. The van der Waals surface area contributed by atoms with Gasteiger partial charge in [0.1, 0.15) is 0 Å². The van der Waals surface area contributed by atoms with Gasteiger partial charge >= 0.3 is 8.25 Å². The molecule has 5 heteroatoms. The van der Waals surface area contributed by atoms with Crippen LogP contribution in [-0.2, 0) is 9.19 Å². The van der Waals surface area contributed by atoms with Crippen LogP contribution in [0.3, 0.4) is 0 Å². The van der Waals surface area contributed by atoms with Crippen LogP contribution < -0.4 is 5.48 Å². The Morgan fingerprint density at radius 2 is 2.62 bits per heavy atom. The van der Waals surface area contributed by atoms with Crippen molar-refractivity contribution in [2.45, 2.75) is 0 Å². The Morgan fingerprint density at radius 1 is 2.00 bits per heavy atom. The molecule has 1 atom stereocenters. The van der Waals surface area contributed by atoms with Crippen molar-refractivity contribution in [1.82, 2.24) is 5.48 Å². The number of hydroxylamine groups is 1. The van der Waals surface area contributed by atoms with E-state index >= 15 is 0 Å². The molecule has 0 aliphatic heterocycles. The van der Waals surface area contributed by atoms with Crippen LogP contribution in [0, 0.1) is 0 Å². The lowest BCUT2D eigenvalue weighted by atomic mass is 10.7. The Bertz CT molecular complexity index is 94.5. The first-order valence-corrected chi connectivity index (χ1v) is 3.07. The Balaban J connectivity index is 2.93.